The maximum atomic E-state index is 13.0. The Bertz CT molecular complexity index is 638. The number of thiazole rings is 1. The van der Waals surface area contributed by atoms with Gasteiger partial charge in [-0.05, 0) is 37.0 Å². The first-order valence-electron chi connectivity index (χ1n) is 7.20. The molecule has 1 amide bonds. The van der Waals surface area contributed by atoms with Gasteiger partial charge in [0.15, 0.2) is 0 Å². The molecule has 3 rings (SSSR count). The van der Waals surface area contributed by atoms with E-state index in [2.05, 4.69) is 11.9 Å². The van der Waals surface area contributed by atoms with Gasteiger partial charge in [0.2, 0.25) is 0 Å². The molecule has 0 unspecified atom stereocenters. The fourth-order valence-electron chi connectivity index (χ4n) is 2.55. The van der Waals surface area contributed by atoms with Crippen LogP contribution in [0.1, 0.15) is 46.9 Å². The summed E-state index contributed by atoms with van der Waals surface area (Å²) in [6.45, 7) is 2.84. The van der Waals surface area contributed by atoms with Gasteiger partial charge >= 0.3 is 0 Å². The van der Waals surface area contributed by atoms with E-state index >= 15 is 0 Å². The Kier molecular flexibility index (Phi) is 4.01. The van der Waals surface area contributed by atoms with Gasteiger partial charge in [-0.15, -0.1) is 11.3 Å². The Hall–Kier alpha value is -1.75. The van der Waals surface area contributed by atoms with Crippen molar-refractivity contribution in [2.45, 2.75) is 32.2 Å². The zero-order valence-electron chi connectivity index (χ0n) is 11.9. The van der Waals surface area contributed by atoms with Crippen molar-refractivity contribution < 1.29 is 9.18 Å². The monoisotopic (exact) mass is 304 g/mol. The molecule has 1 fully saturated rings. The Morgan fingerprint density at radius 2 is 2.19 bits per heavy atom. The minimum Gasteiger partial charge on any atom is -0.330 e. The van der Waals surface area contributed by atoms with Gasteiger partial charge in [-0.3, -0.25) is 4.79 Å². The number of carbonyl (C=O) groups excluding carboxylic acids is 1. The number of benzene rings is 1. The summed E-state index contributed by atoms with van der Waals surface area (Å²) in [5.74, 6) is -0.270. The lowest BCUT2D eigenvalue weighted by Crippen LogP contribution is -2.45. The molecule has 0 saturated carbocycles. The minimum atomic E-state index is -0.250. The Morgan fingerprint density at radius 3 is 2.81 bits per heavy atom. The van der Waals surface area contributed by atoms with Crippen molar-refractivity contribution in [3.8, 4) is 0 Å². The first kappa shape index (κ1) is 14.2. The van der Waals surface area contributed by atoms with E-state index in [0.717, 1.165) is 36.4 Å². The number of amides is 1. The molecule has 1 aromatic heterocycles. The highest BCUT2D eigenvalue weighted by Crippen LogP contribution is 2.34. The molecule has 0 spiro atoms. The smallest absolute Gasteiger partial charge is 0.273 e. The average molecular weight is 304 g/mol. The molecule has 0 radical (unpaired) electrons. The molecule has 3 nitrogen and oxygen atoms in total. The summed E-state index contributed by atoms with van der Waals surface area (Å²) >= 11 is 1.55. The summed E-state index contributed by atoms with van der Waals surface area (Å²) in [6, 6.07) is 6.44. The van der Waals surface area contributed by atoms with Crippen molar-refractivity contribution in [1.82, 2.24) is 9.88 Å². The summed E-state index contributed by atoms with van der Waals surface area (Å²) in [4.78, 5) is 18.7. The number of aromatic nitrogens is 1. The Morgan fingerprint density at radius 1 is 1.43 bits per heavy atom. The standard InChI is InChI=1S/C16H17FN2OS/c1-2-3-15-18-13(10-21-15)16(20)19-9-8-14(19)11-4-6-12(17)7-5-11/h4-7,10,14H,2-3,8-9H2,1H3/t14-/m1/s1. The van der Waals surface area contributed by atoms with Crippen LogP contribution in [-0.4, -0.2) is 22.3 Å². The summed E-state index contributed by atoms with van der Waals surface area (Å²) in [5.41, 5.74) is 1.52. The van der Waals surface area contributed by atoms with Crippen molar-refractivity contribution >= 4 is 17.2 Å². The molecule has 0 N–H and O–H groups in total. The van der Waals surface area contributed by atoms with E-state index in [4.69, 9.17) is 0 Å². The molecule has 21 heavy (non-hydrogen) atoms. The second kappa shape index (κ2) is 5.93. The molecule has 0 aliphatic carbocycles. The first-order valence-corrected chi connectivity index (χ1v) is 8.08. The molecule has 0 bridgehead atoms. The van der Waals surface area contributed by atoms with Gasteiger partial charge in [0, 0.05) is 11.9 Å². The second-order valence-electron chi connectivity index (χ2n) is 5.23. The normalized spacial score (nSPS) is 17.6. The van der Waals surface area contributed by atoms with Gasteiger partial charge in [-0.25, -0.2) is 9.37 Å². The Labute approximate surface area is 127 Å². The van der Waals surface area contributed by atoms with Crippen LogP contribution in [0.4, 0.5) is 4.39 Å². The summed E-state index contributed by atoms with van der Waals surface area (Å²) < 4.78 is 13.0. The molecule has 1 atom stereocenters. The predicted molar refractivity (Wildman–Crippen MR) is 80.9 cm³/mol. The summed E-state index contributed by atoms with van der Waals surface area (Å²) in [6.07, 6.45) is 2.87. The van der Waals surface area contributed by atoms with Crippen molar-refractivity contribution in [2.24, 2.45) is 0 Å². The van der Waals surface area contributed by atoms with E-state index in [1.54, 1.807) is 23.5 Å². The highest BCUT2D eigenvalue weighted by Gasteiger charge is 2.34. The molecular formula is C16H17FN2OS. The van der Waals surface area contributed by atoms with Crippen LogP contribution in [0.2, 0.25) is 0 Å². The average Bonchev–Trinajstić information content (AvgIpc) is 2.89. The molecule has 1 aromatic carbocycles. The lowest BCUT2D eigenvalue weighted by atomic mass is 9.94. The number of halogens is 1. The maximum absolute atomic E-state index is 13.0. The summed E-state index contributed by atoms with van der Waals surface area (Å²) in [7, 11) is 0. The molecule has 5 heteroatoms. The van der Waals surface area contributed by atoms with Crippen molar-refractivity contribution in [2.75, 3.05) is 6.54 Å². The lowest BCUT2D eigenvalue weighted by Gasteiger charge is -2.41. The molecule has 110 valence electrons. The van der Waals surface area contributed by atoms with Crippen LogP contribution >= 0.6 is 11.3 Å². The minimum absolute atomic E-state index is 0.0193. The van der Waals surface area contributed by atoms with E-state index in [9.17, 15) is 9.18 Å². The van der Waals surface area contributed by atoms with Gasteiger partial charge in [0.1, 0.15) is 11.5 Å². The molecule has 1 aliphatic heterocycles. The van der Waals surface area contributed by atoms with Gasteiger partial charge < -0.3 is 4.90 Å². The molecule has 2 aromatic rings. The zero-order valence-corrected chi connectivity index (χ0v) is 12.7. The number of carbonyl (C=O) groups is 1. The van der Waals surface area contributed by atoms with Crippen LogP contribution in [-0.2, 0) is 6.42 Å². The molecule has 1 saturated heterocycles. The number of hydrogen-bond acceptors (Lipinski definition) is 3. The van der Waals surface area contributed by atoms with E-state index in [1.807, 2.05) is 10.3 Å². The molecular weight excluding hydrogens is 287 g/mol. The topological polar surface area (TPSA) is 33.2 Å². The number of rotatable bonds is 4. The maximum Gasteiger partial charge on any atom is 0.273 e. The van der Waals surface area contributed by atoms with E-state index in [0.29, 0.717) is 5.69 Å². The van der Waals surface area contributed by atoms with Crippen LogP contribution in [0, 0.1) is 5.82 Å². The third-order valence-corrected chi connectivity index (χ3v) is 4.68. The molecule has 1 aliphatic rings. The zero-order chi connectivity index (χ0) is 14.8. The van der Waals surface area contributed by atoms with E-state index in [-0.39, 0.29) is 17.8 Å². The quantitative estimate of drug-likeness (QED) is 0.860. The van der Waals surface area contributed by atoms with Crippen LogP contribution in [0.25, 0.3) is 0 Å². The predicted octanol–water partition coefficient (Wildman–Crippen LogP) is 3.82. The molecule has 2 heterocycles. The van der Waals surface area contributed by atoms with Crippen LogP contribution in [0.5, 0.6) is 0 Å². The van der Waals surface area contributed by atoms with Crippen molar-refractivity contribution in [1.29, 1.82) is 0 Å². The van der Waals surface area contributed by atoms with Crippen LogP contribution in [0.3, 0.4) is 0 Å². The van der Waals surface area contributed by atoms with Crippen LogP contribution in [0.15, 0.2) is 29.6 Å². The van der Waals surface area contributed by atoms with E-state index in [1.165, 1.54) is 12.1 Å². The van der Waals surface area contributed by atoms with Gasteiger partial charge in [0.25, 0.3) is 5.91 Å². The van der Waals surface area contributed by atoms with E-state index < -0.39 is 0 Å². The highest BCUT2D eigenvalue weighted by molar-refractivity contribution is 7.09. The third-order valence-electron chi connectivity index (χ3n) is 3.77. The fraction of sp³-hybridized carbons (Fsp3) is 0.375. The number of likely N-dealkylation sites (tertiary alicyclic amines) is 1. The van der Waals surface area contributed by atoms with Gasteiger partial charge in [-0.1, -0.05) is 19.1 Å². The van der Waals surface area contributed by atoms with Crippen molar-refractivity contribution in [3.63, 3.8) is 0 Å². The highest BCUT2D eigenvalue weighted by atomic mass is 32.1. The SMILES string of the molecule is CCCc1nc(C(=O)N2CC[C@@H]2c2ccc(F)cc2)cs1. The first-order chi connectivity index (χ1) is 10.2. The van der Waals surface area contributed by atoms with Gasteiger partial charge in [-0.2, -0.15) is 0 Å². The summed E-state index contributed by atoms with van der Waals surface area (Å²) in [5, 5.41) is 2.85. The Balaban J connectivity index is 1.73. The third kappa shape index (κ3) is 2.83. The van der Waals surface area contributed by atoms with Crippen LogP contribution < -0.4 is 0 Å². The van der Waals surface area contributed by atoms with Crippen molar-refractivity contribution in [3.05, 3.63) is 51.7 Å². The second-order valence-corrected chi connectivity index (χ2v) is 6.17. The lowest BCUT2D eigenvalue weighted by molar-refractivity contribution is 0.0454. The largest absolute Gasteiger partial charge is 0.330 e. The number of aryl methyl sites for hydroxylation is 1. The number of hydrogen-bond donors (Lipinski definition) is 0. The number of nitrogens with zero attached hydrogens (tertiary/aromatic N) is 2. The van der Waals surface area contributed by atoms with Gasteiger partial charge in [0.05, 0.1) is 11.0 Å². The fourth-order valence-corrected chi connectivity index (χ4v) is 3.42.